The average Bonchev–Trinajstić information content (AvgIpc) is 2.93. The molecule has 0 atom stereocenters. The number of carbonyl (C=O) groups excluding carboxylic acids is 1. The third-order valence-corrected chi connectivity index (χ3v) is 4.13. The molecule has 3 rings (SSSR count). The second-order valence-electron chi connectivity index (χ2n) is 4.52. The third-order valence-electron chi connectivity index (χ3n) is 3.37. The van der Waals surface area contributed by atoms with E-state index in [1.54, 1.807) is 18.3 Å². The molecule has 0 unspecified atom stereocenters. The first kappa shape index (κ1) is 11.4. The lowest BCUT2D eigenvalue weighted by Gasteiger charge is -2.14. The van der Waals surface area contributed by atoms with Crippen molar-refractivity contribution in [2.75, 3.05) is 11.4 Å². The van der Waals surface area contributed by atoms with Crippen molar-refractivity contribution in [2.45, 2.75) is 20.3 Å². The number of thiazole rings is 1. The summed E-state index contributed by atoms with van der Waals surface area (Å²) in [6.45, 7) is 4.50. The highest BCUT2D eigenvalue weighted by Crippen LogP contribution is 2.33. The lowest BCUT2D eigenvalue weighted by molar-refractivity contribution is -0.116. The van der Waals surface area contributed by atoms with Crippen LogP contribution in [0.3, 0.4) is 0 Å². The molecule has 4 heteroatoms. The van der Waals surface area contributed by atoms with Gasteiger partial charge in [0.2, 0.25) is 5.91 Å². The van der Waals surface area contributed by atoms with Gasteiger partial charge in [-0.15, -0.1) is 11.3 Å². The molecule has 1 aliphatic heterocycles. The molecular weight excluding hydrogens is 244 g/mol. The van der Waals surface area contributed by atoms with Crippen molar-refractivity contribution in [3.05, 3.63) is 34.2 Å². The highest BCUT2D eigenvalue weighted by molar-refractivity contribution is 7.10. The number of carbonyl (C=O) groups is 1. The Morgan fingerprint density at radius 3 is 2.94 bits per heavy atom. The number of aromatic nitrogens is 1. The second-order valence-corrected chi connectivity index (χ2v) is 5.58. The van der Waals surface area contributed by atoms with E-state index in [-0.39, 0.29) is 5.91 Å². The molecule has 92 valence electrons. The standard InChI is InChI=1S/C14H14N2OS/c1-9-14(15-8-18-9)12-3-4-13-11(7-12)5-6-16(13)10(2)17/h3-4,7-8H,5-6H2,1-2H3. The minimum atomic E-state index is 0.117. The number of hydrogen-bond donors (Lipinski definition) is 0. The topological polar surface area (TPSA) is 33.2 Å². The van der Waals surface area contributed by atoms with Crippen LogP contribution in [0.5, 0.6) is 0 Å². The van der Waals surface area contributed by atoms with Gasteiger partial charge in [-0.2, -0.15) is 0 Å². The van der Waals surface area contributed by atoms with Crippen molar-refractivity contribution in [1.29, 1.82) is 0 Å². The van der Waals surface area contributed by atoms with Gasteiger partial charge >= 0.3 is 0 Å². The Morgan fingerprint density at radius 1 is 1.44 bits per heavy atom. The zero-order valence-corrected chi connectivity index (χ0v) is 11.3. The minimum absolute atomic E-state index is 0.117. The molecule has 0 fully saturated rings. The van der Waals surface area contributed by atoms with Crippen LogP contribution in [0.1, 0.15) is 17.4 Å². The molecule has 0 radical (unpaired) electrons. The molecule has 0 saturated carbocycles. The summed E-state index contributed by atoms with van der Waals surface area (Å²) in [5.41, 5.74) is 6.39. The monoisotopic (exact) mass is 258 g/mol. The molecule has 1 aliphatic rings. The molecular formula is C14H14N2OS. The molecule has 0 saturated heterocycles. The van der Waals surface area contributed by atoms with Crippen molar-refractivity contribution in [2.24, 2.45) is 0 Å². The Morgan fingerprint density at radius 2 is 2.28 bits per heavy atom. The van der Waals surface area contributed by atoms with Gasteiger partial charge in [0, 0.05) is 29.6 Å². The summed E-state index contributed by atoms with van der Waals surface area (Å²) in [6.07, 6.45) is 0.936. The van der Waals surface area contributed by atoms with E-state index in [0.717, 1.165) is 29.9 Å². The summed E-state index contributed by atoms with van der Waals surface area (Å²) in [5.74, 6) is 0.117. The molecule has 0 bridgehead atoms. The van der Waals surface area contributed by atoms with E-state index in [9.17, 15) is 4.79 Å². The fourth-order valence-corrected chi connectivity index (χ4v) is 3.06. The zero-order valence-electron chi connectivity index (χ0n) is 10.4. The number of hydrogen-bond acceptors (Lipinski definition) is 3. The number of nitrogens with zero attached hydrogens (tertiary/aromatic N) is 2. The van der Waals surface area contributed by atoms with Crippen LogP contribution in [0.25, 0.3) is 11.3 Å². The average molecular weight is 258 g/mol. The van der Waals surface area contributed by atoms with E-state index in [1.165, 1.54) is 10.4 Å². The van der Waals surface area contributed by atoms with Crippen LogP contribution < -0.4 is 4.90 Å². The van der Waals surface area contributed by atoms with E-state index < -0.39 is 0 Å². The first-order valence-electron chi connectivity index (χ1n) is 5.98. The maximum absolute atomic E-state index is 11.5. The molecule has 2 heterocycles. The van der Waals surface area contributed by atoms with Gasteiger partial charge in [0.15, 0.2) is 0 Å². The van der Waals surface area contributed by atoms with Crippen LogP contribution in [0, 0.1) is 6.92 Å². The summed E-state index contributed by atoms with van der Waals surface area (Å²) in [5, 5.41) is 0. The Kier molecular flexibility index (Phi) is 2.67. The van der Waals surface area contributed by atoms with Crippen LogP contribution in [0.15, 0.2) is 23.7 Å². The quantitative estimate of drug-likeness (QED) is 0.787. The summed E-state index contributed by atoms with van der Waals surface area (Å²) < 4.78 is 0. The van der Waals surface area contributed by atoms with Gasteiger partial charge in [-0.3, -0.25) is 4.79 Å². The summed E-state index contributed by atoms with van der Waals surface area (Å²) in [6, 6.07) is 6.26. The van der Waals surface area contributed by atoms with E-state index in [1.807, 2.05) is 16.5 Å². The number of aryl methyl sites for hydroxylation is 1. The predicted octanol–water partition coefficient (Wildman–Crippen LogP) is 3.03. The molecule has 0 spiro atoms. The van der Waals surface area contributed by atoms with Crippen LogP contribution in [0.4, 0.5) is 5.69 Å². The smallest absolute Gasteiger partial charge is 0.223 e. The number of rotatable bonds is 1. The van der Waals surface area contributed by atoms with Gasteiger partial charge in [-0.25, -0.2) is 4.98 Å². The largest absolute Gasteiger partial charge is 0.312 e. The van der Waals surface area contributed by atoms with Crippen LogP contribution in [-0.4, -0.2) is 17.4 Å². The normalized spacial score (nSPS) is 13.8. The molecule has 0 N–H and O–H groups in total. The van der Waals surface area contributed by atoms with Gasteiger partial charge < -0.3 is 4.90 Å². The molecule has 1 amide bonds. The molecule has 0 aliphatic carbocycles. The van der Waals surface area contributed by atoms with Crippen LogP contribution in [-0.2, 0) is 11.2 Å². The highest BCUT2D eigenvalue weighted by Gasteiger charge is 2.22. The Bertz CT molecular complexity index is 618. The molecule has 2 aromatic rings. The Labute approximate surface area is 110 Å². The lowest BCUT2D eigenvalue weighted by Crippen LogP contribution is -2.25. The summed E-state index contributed by atoms with van der Waals surface area (Å²) >= 11 is 1.66. The maximum atomic E-state index is 11.5. The number of anilines is 1. The van der Waals surface area contributed by atoms with Gasteiger partial charge in [-0.05, 0) is 31.0 Å². The Balaban J connectivity index is 2.04. The summed E-state index contributed by atoms with van der Waals surface area (Å²) in [7, 11) is 0. The highest BCUT2D eigenvalue weighted by atomic mass is 32.1. The zero-order chi connectivity index (χ0) is 12.7. The van der Waals surface area contributed by atoms with Crippen molar-refractivity contribution >= 4 is 22.9 Å². The van der Waals surface area contributed by atoms with Crippen LogP contribution >= 0.6 is 11.3 Å². The molecule has 3 nitrogen and oxygen atoms in total. The van der Waals surface area contributed by atoms with Crippen molar-refractivity contribution < 1.29 is 4.79 Å². The van der Waals surface area contributed by atoms with E-state index in [4.69, 9.17) is 0 Å². The lowest BCUT2D eigenvalue weighted by atomic mass is 10.1. The fourth-order valence-electron chi connectivity index (χ4n) is 2.46. The van der Waals surface area contributed by atoms with Crippen LogP contribution in [0.2, 0.25) is 0 Å². The first-order valence-corrected chi connectivity index (χ1v) is 6.86. The number of amides is 1. The SMILES string of the molecule is CC(=O)N1CCc2cc(-c3ncsc3C)ccc21. The molecule has 1 aromatic heterocycles. The van der Waals surface area contributed by atoms with Gasteiger partial charge in [0.05, 0.1) is 11.2 Å². The summed E-state index contributed by atoms with van der Waals surface area (Å²) in [4.78, 5) is 19.0. The van der Waals surface area contributed by atoms with E-state index >= 15 is 0 Å². The van der Waals surface area contributed by atoms with E-state index in [0.29, 0.717) is 0 Å². The van der Waals surface area contributed by atoms with Crippen molar-refractivity contribution in [3.63, 3.8) is 0 Å². The maximum Gasteiger partial charge on any atom is 0.223 e. The third kappa shape index (κ3) is 1.73. The van der Waals surface area contributed by atoms with Gasteiger partial charge in [0.25, 0.3) is 0 Å². The fraction of sp³-hybridized carbons (Fsp3) is 0.286. The van der Waals surface area contributed by atoms with E-state index in [2.05, 4.69) is 24.0 Å². The van der Waals surface area contributed by atoms with Crippen molar-refractivity contribution in [3.8, 4) is 11.3 Å². The molecule has 1 aromatic carbocycles. The van der Waals surface area contributed by atoms with Crippen molar-refractivity contribution in [1.82, 2.24) is 4.98 Å². The number of fused-ring (bicyclic) bond motifs is 1. The minimum Gasteiger partial charge on any atom is -0.312 e. The number of benzene rings is 1. The molecule has 18 heavy (non-hydrogen) atoms. The second kappa shape index (κ2) is 4.21. The van der Waals surface area contributed by atoms with Gasteiger partial charge in [0.1, 0.15) is 0 Å². The predicted molar refractivity (Wildman–Crippen MR) is 74.0 cm³/mol. The van der Waals surface area contributed by atoms with Gasteiger partial charge in [-0.1, -0.05) is 6.07 Å². The first-order chi connectivity index (χ1) is 8.66. The Hall–Kier alpha value is -1.68.